The van der Waals surface area contributed by atoms with Crippen LogP contribution in [0.5, 0.6) is 0 Å². The Morgan fingerprint density at radius 2 is 1.00 bits per heavy atom. The van der Waals surface area contributed by atoms with E-state index in [2.05, 4.69) is 230 Å². The van der Waals surface area contributed by atoms with Gasteiger partial charge in [0.15, 0.2) is 0 Å². The van der Waals surface area contributed by atoms with Crippen molar-refractivity contribution in [3.63, 3.8) is 0 Å². The molecule has 56 heavy (non-hydrogen) atoms. The summed E-state index contributed by atoms with van der Waals surface area (Å²) in [5.74, 6) is 0.958. The molecular formula is C52H42N3P. The molecule has 270 valence electrons. The van der Waals surface area contributed by atoms with Crippen molar-refractivity contribution in [2.24, 2.45) is 4.99 Å². The van der Waals surface area contributed by atoms with Crippen LogP contribution >= 0.6 is 7.26 Å². The summed E-state index contributed by atoms with van der Waals surface area (Å²) >= 11 is 0. The fourth-order valence-electron chi connectivity index (χ4n) is 8.55. The molecule has 0 amide bonds. The van der Waals surface area contributed by atoms with Gasteiger partial charge in [0, 0.05) is 0 Å². The molecule has 2 aliphatic heterocycles. The molecule has 1 atom stereocenters. The molecule has 2 heterocycles. The summed E-state index contributed by atoms with van der Waals surface area (Å²) in [6.07, 6.45) is 4.39. The summed E-state index contributed by atoms with van der Waals surface area (Å²) in [7, 11) is -0.0880. The standard InChI is InChI=1S/C52H42N3P/c1-54-51(40-28-24-39(25-29-40)43-18-13-23-49(34-43)56(2,47-19-5-3-6-20-47)48-21-7-4-8-22-48)53-52-50(45-31-27-38-15-10-12-17-42(38)33-45)35-46(36-55(52)54)44-30-26-37-14-9-11-16-41(37)32-44/h3-36,51,56H,1-2H3. The molecule has 4 heteroatoms. The van der Waals surface area contributed by atoms with Crippen molar-refractivity contribution in [1.29, 1.82) is 0 Å². The fourth-order valence-corrected chi connectivity index (χ4v) is 12.1. The van der Waals surface area contributed by atoms with Crippen molar-refractivity contribution < 1.29 is 0 Å². The molecule has 8 aromatic carbocycles. The summed E-state index contributed by atoms with van der Waals surface area (Å²) in [4.78, 5) is 5.45. The Balaban J connectivity index is 1.01. The molecule has 0 saturated carbocycles. The van der Waals surface area contributed by atoms with Crippen molar-refractivity contribution in [2.75, 3.05) is 13.7 Å². The van der Waals surface area contributed by atoms with Crippen molar-refractivity contribution in [3.05, 3.63) is 223 Å². The monoisotopic (exact) mass is 739 g/mol. The number of hydrogen-bond donors (Lipinski definition) is 0. The summed E-state index contributed by atoms with van der Waals surface area (Å²) in [6.45, 7) is 2.48. The molecule has 8 aromatic rings. The zero-order chi connectivity index (χ0) is 37.6. The molecule has 0 aromatic heterocycles. The molecule has 0 bridgehead atoms. The Kier molecular flexibility index (Phi) is 8.56. The van der Waals surface area contributed by atoms with Crippen LogP contribution in [0.4, 0.5) is 0 Å². The average Bonchev–Trinajstić information content (AvgIpc) is 3.61. The van der Waals surface area contributed by atoms with Crippen molar-refractivity contribution in [1.82, 2.24) is 10.0 Å². The number of rotatable bonds is 7. The van der Waals surface area contributed by atoms with E-state index in [4.69, 9.17) is 4.99 Å². The number of hydrazine groups is 1. The van der Waals surface area contributed by atoms with E-state index in [0.29, 0.717) is 0 Å². The molecule has 0 radical (unpaired) electrons. The molecule has 0 spiro atoms. The topological polar surface area (TPSA) is 18.8 Å². The molecule has 3 nitrogen and oxygen atoms in total. The first kappa shape index (κ1) is 34.1. The van der Waals surface area contributed by atoms with Gasteiger partial charge in [0.1, 0.15) is 0 Å². The molecule has 2 aliphatic rings. The summed E-state index contributed by atoms with van der Waals surface area (Å²) in [5.41, 5.74) is 8.20. The summed E-state index contributed by atoms with van der Waals surface area (Å²) < 4.78 is 0. The number of benzene rings is 8. The second-order valence-electron chi connectivity index (χ2n) is 15.1. The first-order chi connectivity index (χ1) is 27.5. The van der Waals surface area contributed by atoms with Crippen molar-refractivity contribution in [2.45, 2.75) is 6.17 Å². The summed E-state index contributed by atoms with van der Waals surface area (Å²) in [6, 6.07) is 71.0. The van der Waals surface area contributed by atoms with Gasteiger partial charge in [-0.3, -0.25) is 0 Å². The Labute approximate surface area is 329 Å². The van der Waals surface area contributed by atoms with Crippen molar-refractivity contribution >= 4 is 61.7 Å². The van der Waals surface area contributed by atoms with E-state index in [-0.39, 0.29) is 6.17 Å². The van der Waals surface area contributed by atoms with Gasteiger partial charge in [-0.2, -0.15) is 0 Å². The second kappa shape index (κ2) is 14.0. The molecular weight excluding hydrogens is 698 g/mol. The van der Waals surface area contributed by atoms with Gasteiger partial charge in [-0.15, -0.1) is 0 Å². The van der Waals surface area contributed by atoms with Gasteiger partial charge in [-0.1, -0.05) is 72.8 Å². The average molecular weight is 740 g/mol. The van der Waals surface area contributed by atoms with E-state index >= 15 is 0 Å². The van der Waals surface area contributed by atoms with E-state index in [0.717, 1.165) is 28.1 Å². The molecule has 1 unspecified atom stereocenters. The van der Waals surface area contributed by atoms with Crippen LogP contribution in [-0.4, -0.2) is 29.6 Å². The number of amidine groups is 1. The van der Waals surface area contributed by atoms with Crippen molar-refractivity contribution in [3.8, 4) is 11.1 Å². The fraction of sp³-hybridized carbons (Fsp3) is 0.0577. The first-order valence-electron chi connectivity index (χ1n) is 19.4. The number of allylic oxidation sites excluding steroid dienone is 2. The predicted octanol–water partition coefficient (Wildman–Crippen LogP) is 11.0. The van der Waals surface area contributed by atoms with Gasteiger partial charge in [0.25, 0.3) is 0 Å². The minimum atomic E-state index is -2.24. The maximum atomic E-state index is 5.45. The van der Waals surface area contributed by atoms with Crippen LogP contribution in [0.1, 0.15) is 22.9 Å². The van der Waals surface area contributed by atoms with Gasteiger partial charge >= 0.3 is 219 Å². The molecule has 0 fully saturated rings. The molecule has 0 N–H and O–H groups in total. The Morgan fingerprint density at radius 3 is 1.64 bits per heavy atom. The third-order valence-electron chi connectivity index (χ3n) is 11.8. The van der Waals surface area contributed by atoms with E-state index < -0.39 is 7.26 Å². The van der Waals surface area contributed by atoms with E-state index in [1.165, 1.54) is 54.1 Å². The third-order valence-corrected chi connectivity index (χ3v) is 16.2. The summed E-state index contributed by atoms with van der Waals surface area (Å²) in [5, 5.41) is 13.7. The van der Waals surface area contributed by atoms with Crippen LogP contribution in [-0.2, 0) is 0 Å². The van der Waals surface area contributed by atoms with Crippen LogP contribution in [0, 0.1) is 0 Å². The normalized spacial score (nSPS) is 16.0. The number of hydrogen-bond acceptors (Lipinski definition) is 3. The van der Waals surface area contributed by atoms with Crippen LogP contribution in [0.3, 0.4) is 0 Å². The van der Waals surface area contributed by atoms with Crippen LogP contribution in [0.15, 0.2) is 211 Å². The van der Waals surface area contributed by atoms with E-state index in [1.807, 2.05) is 0 Å². The van der Waals surface area contributed by atoms with E-state index in [1.54, 1.807) is 0 Å². The SMILES string of the molecule is CN1C(c2ccc(-c3cccc([PH](C)(c4ccccc4)c4ccccc4)c3)cc2)N=C2C(c3ccc4ccccc4c3)=CC(c3ccc4ccccc4c3)=CN21. The Morgan fingerprint density at radius 1 is 0.464 bits per heavy atom. The zero-order valence-corrected chi connectivity index (χ0v) is 32.5. The number of nitrogens with zero attached hydrogens (tertiary/aromatic N) is 3. The van der Waals surface area contributed by atoms with Gasteiger partial charge in [0.2, 0.25) is 0 Å². The number of fused-ring (bicyclic) bond motifs is 3. The molecule has 10 rings (SSSR count). The van der Waals surface area contributed by atoms with Gasteiger partial charge in [-0.05, 0) is 39.2 Å². The number of aliphatic imine (C=N–C) groups is 1. The van der Waals surface area contributed by atoms with E-state index in [9.17, 15) is 0 Å². The quantitative estimate of drug-likeness (QED) is 0.152. The van der Waals surface area contributed by atoms with Gasteiger partial charge in [0.05, 0.1) is 0 Å². The Hall–Kier alpha value is -6.38. The van der Waals surface area contributed by atoms with Crippen LogP contribution < -0.4 is 15.9 Å². The third kappa shape index (κ3) is 5.97. The van der Waals surface area contributed by atoms with Crippen LogP contribution in [0.25, 0.3) is 43.8 Å². The van der Waals surface area contributed by atoms with Crippen LogP contribution in [0.2, 0.25) is 0 Å². The minimum absolute atomic E-state index is 0.173. The van der Waals surface area contributed by atoms with Gasteiger partial charge in [-0.25, -0.2) is 0 Å². The molecule has 0 aliphatic carbocycles. The maximum absolute atomic E-state index is 5.45. The second-order valence-corrected chi connectivity index (χ2v) is 19.1. The predicted molar refractivity (Wildman–Crippen MR) is 242 cm³/mol. The van der Waals surface area contributed by atoms with Gasteiger partial charge < -0.3 is 0 Å². The zero-order valence-electron chi connectivity index (χ0n) is 31.5. The molecule has 0 saturated heterocycles. The Bertz CT molecular complexity index is 2800. The first-order valence-corrected chi connectivity index (χ1v) is 21.9.